The van der Waals surface area contributed by atoms with E-state index in [2.05, 4.69) is 31.2 Å². The van der Waals surface area contributed by atoms with Gasteiger partial charge in [0.05, 0.1) is 23.3 Å². The second-order valence-corrected chi connectivity index (χ2v) is 9.93. The smallest absolute Gasteiger partial charge is 0.335 e. The van der Waals surface area contributed by atoms with Crippen LogP contribution in [-0.4, -0.2) is 45.4 Å². The average molecular weight is 556 g/mol. The Morgan fingerprint density at radius 2 is 1.82 bits per heavy atom. The van der Waals surface area contributed by atoms with Crippen LogP contribution in [0.5, 0.6) is 0 Å². The van der Waals surface area contributed by atoms with Crippen molar-refractivity contribution < 1.29 is 19.4 Å². The van der Waals surface area contributed by atoms with Crippen LogP contribution in [0.15, 0.2) is 79.0 Å². The summed E-state index contributed by atoms with van der Waals surface area (Å²) in [5.41, 5.74) is 6.29. The van der Waals surface area contributed by atoms with Crippen molar-refractivity contribution in [3.05, 3.63) is 107 Å². The van der Waals surface area contributed by atoms with E-state index in [4.69, 9.17) is 17.0 Å². The topological polar surface area (TPSA) is 109 Å². The summed E-state index contributed by atoms with van der Waals surface area (Å²) in [6.45, 7) is 4.00. The molecule has 0 saturated carbocycles. The highest BCUT2D eigenvalue weighted by Gasteiger charge is 2.42. The summed E-state index contributed by atoms with van der Waals surface area (Å²) in [4.78, 5) is 30.3. The zero-order chi connectivity index (χ0) is 28.4. The molecule has 5 rings (SSSR count). The molecule has 0 unspecified atom stereocenters. The third-order valence-electron chi connectivity index (χ3n) is 6.94. The van der Waals surface area contributed by atoms with Gasteiger partial charge < -0.3 is 29.9 Å². The Bertz CT molecular complexity index is 1570. The molecule has 1 saturated heterocycles. The first-order valence-electron chi connectivity index (χ1n) is 12.7. The first-order valence-corrected chi connectivity index (χ1v) is 13.1. The lowest BCUT2D eigenvalue weighted by molar-refractivity contribution is -0.119. The molecule has 0 bridgehead atoms. The van der Waals surface area contributed by atoms with Crippen molar-refractivity contribution in [1.82, 2.24) is 14.9 Å². The summed E-state index contributed by atoms with van der Waals surface area (Å²) in [6.07, 6.45) is 1.76. The number of amides is 1. The molecule has 0 aliphatic carbocycles. The van der Waals surface area contributed by atoms with Crippen LogP contribution in [0.3, 0.4) is 0 Å². The Morgan fingerprint density at radius 1 is 1.05 bits per heavy atom. The van der Waals surface area contributed by atoms with Crippen LogP contribution in [0.25, 0.3) is 5.69 Å². The molecule has 4 aromatic rings. The van der Waals surface area contributed by atoms with Gasteiger partial charge in [-0.3, -0.25) is 9.78 Å². The van der Waals surface area contributed by atoms with Crippen LogP contribution in [0.2, 0.25) is 0 Å². The van der Waals surface area contributed by atoms with Crippen molar-refractivity contribution in [1.29, 1.82) is 0 Å². The standard InChI is InChI=1S/C30H29N5O4S/c1-18-15-24(19(2)34(18)23-8-6-7-20(16-23)29(37)38)28-27(25-9-4-5-14-31-25)33-30(40)35(28)22-12-10-21(11-13-22)32-26(36)17-39-3/h4-16,27-28H,17H2,1-3H3,(H,32,36)(H,33,40)(H,37,38)/t27-,28-/m1/s1. The molecule has 3 N–H and O–H groups in total. The number of nitrogens with zero attached hydrogens (tertiary/aromatic N) is 3. The van der Waals surface area contributed by atoms with Crippen LogP contribution < -0.4 is 15.5 Å². The molecule has 2 atom stereocenters. The van der Waals surface area contributed by atoms with E-state index in [1.165, 1.54) is 7.11 Å². The zero-order valence-electron chi connectivity index (χ0n) is 22.3. The lowest BCUT2D eigenvalue weighted by Crippen LogP contribution is -2.29. The highest BCUT2D eigenvalue weighted by molar-refractivity contribution is 7.80. The molecule has 10 heteroatoms. The largest absolute Gasteiger partial charge is 0.478 e. The fourth-order valence-corrected chi connectivity index (χ4v) is 5.59. The molecule has 3 heterocycles. The number of benzene rings is 2. The van der Waals surface area contributed by atoms with E-state index < -0.39 is 5.97 Å². The van der Waals surface area contributed by atoms with Gasteiger partial charge in [-0.1, -0.05) is 12.1 Å². The lowest BCUT2D eigenvalue weighted by Gasteiger charge is -2.28. The van der Waals surface area contributed by atoms with E-state index in [0.717, 1.165) is 34.0 Å². The maximum atomic E-state index is 12.0. The number of aryl methyl sites for hydroxylation is 1. The number of carbonyl (C=O) groups is 2. The number of thiocarbonyl (C=S) groups is 1. The third kappa shape index (κ3) is 5.18. The molecule has 1 aliphatic rings. The van der Waals surface area contributed by atoms with E-state index in [-0.39, 0.29) is 30.2 Å². The number of carboxylic acids is 1. The molecule has 2 aromatic carbocycles. The van der Waals surface area contributed by atoms with E-state index in [1.54, 1.807) is 24.4 Å². The van der Waals surface area contributed by atoms with Crippen LogP contribution >= 0.6 is 12.2 Å². The molecular formula is C30H29N5O4S. The average Bonchev–Trinajstić information content (AvgIpc) is 3.44. The van der Waals surface area contributed by atoms with E-state index in [0.29, 0.717) is 10.8 Å². The molecule has 0 spiro atoms. The Morgan fingerprint density at radius 3 is 2.50 bits per heavy atom. The molecule has 40 heavy (non-hydrogen) atoms. The number of carbonyl (C=O) groups excluding carboxylic acids is 1. The van der Waals surface area contributed by atoms with Crippen molar-refractivity contribution in [2.45, 2.75) is 25.9 Å². The summed E-state index contributed by atoms with van der Waals surface area (Å²) in [5.74, 6) is -1.21. The molecule has 1 aliphatic heterocycles. The van der Waals surface area contributed by atoms with Crippen molar-refractivity contribution in [2.24, 2.45) is 0 Å². The summed E-state index contributed by atoms with van der Waals surface area (Å²) < 4.78 is 6.96. The molecular weight excluding hydrogens is 526 g/mol. The Labute approximate surface area is 237 Å². The third-order valence-corrected chi connectivity index (χ3v) is 7.26. The Kier molecular flexibility index (Phi) is 7.63. The minimum atomic E-state index is -0.974. The fourth-order valence-electron chi connectivity index (χ4n) is 5.24. The van der Waals surface area contributed by atoms with Gasteiger partial charge in [0.2, 0.25) is 5.91 Å². The van der Waals surface area contributed by atoms with Crippen molar-refractivity contribution in [2.75, 3.05) is 23.9 Å². The number of methoxy groups -OCH3 is 1. The van der Waals surface area contributed by atoms with Crippen LogP contribution in [0, 0.1) is 13.8 Å². The highest BCUT2D eigenvalue weighted by atomic mass is 32.1. The predicted molar refractivity (Wildman–Crippen MR) is 157 cm³/mol. The zero-order valence-corrected chi connectivity index (χ0v) is 23.1. The van der Waals surface area contributed by atoms with Crippen molar-refractivity contribution >= 4 is 40.6 Å². The van der Waals surface area contributed by atoms with E-state index in [1.807, 2.05) is 62.4 Å². The van der Waals surface area contributed by atoms with Gasteiger partial charge >= 0.3 is 5.97 Å². The highest BCUT2D eigenvalue weighted by Crippen LogP contribution is 2.44. The minimum Gasteiger partial charge on any atom is -0.478 e. The Hall–Kier alpha value is -4.54. The summed E-state index contributed by atoms with van der Waals surface area (Å²) >= 11 is 5.86. The normalized spacial score (nSPS) is 16.6. The fraction of sp³-hybridized carbons (Fsp3) is 0.200. The number of anilines is 2. The number of aromatic nitrogens is 2. The molecule has 0 radical (unpaired) electrons. The van der Waals surface area contributed by atoms with Gasteiger partial charge in [0.1, 0.15) is 6.61 Å². The van der Waals surface area contributed by atoms with Crippen LogP contribution in [-0.2, 0) is 9.53 Å². The maximum absolute atomic E-state index is 12.0. The van der Waals surface area contributed by atoms with Crippen LogP contribution in [0.1, 0.15) is 45.1 Å². The maximum Gasteiger partial charge on any atom is 0.335 e. The molecule has 9 nitrogen and oxygen atoms in total. The van der Waals surface area contributed by atoms with Gasteiger partial charge in [0.25, 0.3) is 0 Å². The van der Waals surface area contributed by atoms with Crippen molar-refractivity contribution in [3.63, 3.8) is 0 Å². The number of aromatic carboxylic acids is 1. The first-order chi connectivity index (χ1) is 19.3. The van der Waals surface area contributed by atoms with Crippen molar-refractivity contribution in [3.8, 4) is 5.69 Å². The van der Waals surface area contributed by atoms with Gasteiger partial charge in [-0.15, -0.1) is 0 Å². The number of nitrogens with one attached hydrogen (secondary N) is 2. The van der Waals surface area contributed by atoms with Gasteiger partial charge in [-0.25, -0.2) is 4.79 Å². The quantitative estimate of drug-likeness (QED) is 0.262. The molecule has 204 valence electrons. The van der Waals surface area contributed by atoms with Gasteiger partial charge in [-0.05, 0) is 92.3 Å². The number of hydrogen-bond donors (Lipinski definition) is 3. The minimum absolute atomic E-state index is 0.0271. The Balaban J connectivity index is 1.59. The molecule has 1 fully saturated rings. The number of carboxylic acid groups (broad SMARTS) is 1. The van der Waals surface area contributed by atoms with Gasteiger partial charge in [0, 0.05) is 41.8 Å². The number of ether oxygens (including phenoxy) is 1. The lowest BCUT2D eigenvalue weighted by atomic mass is 9.96. The second-order valence-electron chi connectivity index (χ2n) is 9.54. The number of rotatable bonds is 8. The van der Waals surface area contributed by atoms with Crippen LogP contribution in [0.4, 0.5) is 11.4 Å². The SMILES string of the molecule is COCC(=O)Nc1ccc(N2C(=S)N[C@H](c3ccccn3)[C@H]2c2cc(C)n(-c3cccc(C(=O)O)c3)c2C)cc1. The summed E-state index contributed by atoms with van der Waals surface area (Å²) in [5, 5.41) is 16.4. The second kappa shape index (κ2) is 11.3. The van der Waals surface area contributed by atoms with Gasteiger partial charge in [0.15, 0.2) is 5.11 Å². The molecule has 1 amide bonds. The monoisotopic (exact) mass is 555 g/mol. The summed E-state index contributed by atoms with van der Waals surface area (Å²) in [7, 11) is 1.47. The van der Waals surface area contributed by atoms with E-state index in [9.17, 15) is 14.7 Å². The summed E-state index contributed by atoms with van der Waals surface area (Å²) in [6, 6.07) is 21.8. The number of hydrogen-bond acceptors (Lipinski definition) is 5. The van der Waals surface area contributed by atoms with E-state index >= 15 is 0 Å². The first kappa shape index (κ1) is 27.0. The number of pyridine rings is 1. The molecule has 2 aromatic heterocycles. The predicted octanol–water partition coefficient (Wildman–Crippen LogP) is 4.95. The van der Waals surface area contributed by atoms with Gasteiger partial charge in [-0.2, -0.15) is 0 Å².